The maximum absolute atomic E-state index is 13.6. The molecular formula is C31H31NO4S. The van der Waals surface area contributed by atoms with E-state index in [0.29, 0.717) is 30.3 Å². The van der Waals surface area contributed by atoms with E-state index >= 15 is 0 Å². The second-order valence-corrected chi connectivity index (χ2v) is 11.5. The third kappa shape index (κ3) is 4.74. The first-order valence-corrected chi connectivity index (χ1v) is 13.4. The van der Waals surface area contributed by atoms with E-state index in [1.54, 1.807) is 12.1 Å². The molecule has 37 heavy (non-hydrogen) atoms. The van der Waals surface area contributed by atoms with Gasteiger partial charge in [-0.05, 0) is 46.7 Å². The predicted octanol–water partition coefficient (Wildman–Crippen LogP) is 6.93. The highest BCUT2D eigenvalue weighted by Gasteiger charge is 2.46. The Morgan fingerprint density at radius 3 is 2.43 bits per heavy atom. The number of fused-ring (bicyclic) bond motifs is 1. The van der Waals surface area contributed by atoms with Crippen LogP contribution in [-0.2, 0) is 6.61 Å². The number of hydrogen-bond donors (Lipinski definition) is 1. The van der Waals surface area contributed by atoms with Crippen LogP contribution in [0.25, 0.3) is 5.57 Å². The molecule has 1 atom stereocenters. The van der Waals surface area contributed by atoms with Gasteiger partial charge >= 0.3 is 5.97 Å². The number of nitrogens with zero attached hydrogens (tertiary/aromatic N) is 1. The highest BCUT2D eigenvalue weighted by atomic mass is 32.1. The summed E-state index contributed by atoms with van der Waals surface area (Å²) in [5.41, 5.74) is 4.50. The number of carbonyl (C=O) groups is 2. The van der Waals surface area contributed by atoms with Gasteiger partial charge < -0.3 is 14.7 Å². The molecule has 0 radical (unpaired) electrons. The van der Waals surface area contributed by atoms with Crippen molar-refractivity contribution in [1.82, 2.24) is 4.90 Å². The maximum atomic E-state index is 13.6. The molecule has 0 saturated carbocycles. The number of carbonyl (C=O) groups excluding carboxylic acids is 1. The lowest BCUT2D eigenvalue weighted by Gasteiger charge is -2.50. The number of carboxylic acid groups (broad SMARTS) is 1. The molecule has 1 aromatic heterocycles. The fraction of sp³-hybridized carbons (Fsp3) is 0.290. The van der Waals surface area contributed by atoms with E-state index in [0.717, 1.165) is 17.5 Å². The number of aromatic carboxylic acids is 1. The predicted molar refractivity (Wildman–Crippen MR) is 147 cm³/mol. The first kappa shape index (κ1) is 25.0. The molecule has 3 aromatic rings. The van der Waals surface area contributed by atoms with Crippen molar-refractivity contribution >= 4 is 28.8 Å². The fourth-order valence-electron chi connectivity index (χ4n) is 5.80. The molecule has 190 valence electrons. The Morgan fingerprint density at radius 2 is 1.73 bits per heavy atom. The molecule has 6 heteroatoms. The number of allylic oxidation sites excluding steroid dienone is 2. The summed E-state index contributed by atoms with van der Waals surface area (Å²) in [5, 5.41) is 11.2. The van der Waals surface area contributed by atoms with Gasteiger partial charge in [0.1, 0.15) is 17.2 Å². The van der Waals surface area contributed by atoms with Gasteiger partial charge in [0.05, 0.1) is 5.56 Å². The summed E-state index contributed by atoms with van der Waals surface area (Å²) < 4.78 is 6.03. The van der Waals surface area contributed by atoms with Crippen LogP contribution in [0.2, 0.25) is 0 Å². The first-order chi connectivity index (χ1) is 17.7. The summed E-state index contributed by atoms with van der Waals surface area (Å²) in [7, 11) is 0. The van der Waals surface area contributed by atoms with Crippen molar-refractivity contribution in [2.75, 3.05) is 13.1 Å². The molecule has 1 aliphatic heterocycles. The zero-order chi connectivity index (χ0) is 26.2. The SMILES string of the molecule is CC1(C)C(c2ccc(C(=O)O)cc2)=CC[C@]2(C)CN(C(=O)c3sccc3OCc3ccccc3)CC=C12. The molecule has 0 spiro atoms. The van der Waals surface area contributed by atoms with E-state index in [-0.39, 0.29) is 22.3 Å². The second kappa shape index (κ2) is 9.67. The van der Waals surface area contributed by atoms with Crippen LogP contribution in [0.4, 0.5) is 0 Å². The van der Waals surface area contributed by atoms with E-state index in [1.165, 1.54) is 22.5 Å². The Morgan fingerprint density at radius 1 is 1.00 bits per heavy atom. The molecule has 5 rings (SSSR count). The summed E-state index contributed by atoms with van der Waals surface area (Å²) in [6.07, 6.45) is 5.29. The number of rotatable bonds is 6. The Bertz CT molecular complexity index is 1380. The smallest absolute Gasteiger partial charge is 0.335 e. The molecule has 0 unspecified atom stereocenters. The summed E-state index contributed by atoms with van der Waals surface area (Å²) >= 11 is 1.42. The average Bonchev–Trinajstić information content (AvgIpc) is 3.36. The third-order valence-electron chi connectivity index (χ3n) is 7.60. The third-order valence-corrected chi connectivity index (χ3v) is 8.48. The van der Waals surface area contributed by atoms with Crippen LogP contribution in [0.1, 0.15) is 58.3 Å². The normalized spacial score (nSPS) is 20.5. The molecule has 0 fully saturated rings. The van der Waals surface area contributed by atoms with Crippen molar-refractivity contribution in [3.05, 3.63) is 105 Å². The number of ether oxygens (including phenoxy) is 1. The Hall–Kier alpha value is -3.64. The Labute approximate surface area is 221 Å². The lowest BCUT2D eigenvalue weighted by atomic mass is 9.58. The van der Waals surface area contributed by atoms with E-state index in [9.17, 15) is 14.7 Å². The van der Waals surface area contributed by atoms with Gasteiger partial charge in [-0.1, -0.05) is 81.0 Å². The zero-order valence-electron chi connectivity index (χ0n) is 21.4. The number of amides is 1. The monoisotopic (exact) mass is 513 g/mol. The Kier molecular flexibility index (Phi) is 6.54. The van der Waals surface area contributed by atoms with Crippen LogP contribution in [-0.4, -0.2) is 35.0 Å². The molecule has 0 bridgehead atoms. The zero-order valence-corrected chi connectivity index (χ0v) is 22.2. The molecule has 2 heterocycles. The van der Waals surface area contributed by atoms with E-state index in [1.807, 2.05) is 58.8 Å². The number of carboxylic acids is 1. The van der Waals surface area contributed by atoms with Gasteiger partial charge in [0, 0.05) is 23.9 Å². The van der Waals surface area contributed by atoms with Gasteiger partial charge in [-0.3, -0.25) is 4.79 Å². The van der Waals surface area contributed by atoms with Crippen LogP contribution in [0, 0.1) is 10.8 Å². The summed E-state index contributed by atoms with van der Waals surface area (Å²) in [6.45, 7) is 8.29. The minimum atomic E-state index is -0.921. The van der Waals surface area contributed by atoms with E-state index < -0.39 is 5.97 Å². The van der Waals surface area contributed by atoms with Crippen molar-refractivity contribution in [2.45, 2.75) is 33.8 Å². The van der Waals surface area contributed by atoms with E-state index in [2.05, 4.69) is 32.9 Å². The van der Waals surface area contributed by atoms with Gasteiger partial charge in [-0.25, -0.2) is 4.79 Å². The van der Waals surface area contributed by atoms with Gasteiger partial charge in [0.2, 0.25) is 0 Å². The van der Waals surface area contributed by atoms with Crippen LogP contribution >= 0.6 is 11.3 Å². The number of benzene rings is 2. The van der Waals surface area contributed by atoms with Crippen molar-refractivity contribution in [3.63, 3.8) is 0 Å². The van der Waals surface area contributed by atoms with Gasteiger partial charge in [-0.15, -0.1) is 11.3 Å². The molecule has 2 aliphatic rings. The van der Waals surface area contributed by atoms with Crippen molar-refractivity contribution in [2.24, 2.45) is 10.8 Å². The first-order valence-electron chi connectivity index (χ1n) is 12.5. The summed E-state index contributed by atoms with van der Waals surface area (Å²) in [5.74, 6) is -0.281. The maximum Gasteiger partial charge on any atom is 0.335 e. The molecule has 5 nitrogen and oxygen atoms in total. The highest BCUT2D eigenvalue weighted by Crippen LogP contribution is 2.55. The molecular weight excluding hydrogens is 482 g/mol. The molecule has 1 N–H and O–H groups in total. The lowest BCUT2D eigenvalue weighted by Crippen LogP contribution is -2.48. The topological polar surface area (TPSA) is 66.8 Å². The number of hydrogen-bond acceptors (Lipinski definition) is 4. The highest BCUT2D eigenvalue weighted by molar-refractivity contribution is 7.12. The van der Waals surface area contributed by atoms with Crippen LogP contribution in [0.5, 0.6) is 5.75 Å². The van der Waals surface area contributed by atoms with Gasteiger partial charge in [-0.2, -0.15) is 0 Å². The quantitative estimate of drug-likeness (QED) is 0.363. The van der Waals surface area contributed by atoms with Crippen molar-refractivity contribution in [3.8, 4) is 5.75 Å². The Balaban J connectivity index is 1.34. The minimum absolute atomic E-state index is 0.00595. The van der Waals surface area contributed by atoms with Gasteiger partial charge in [0.15, 0.2) is 0 Å². The van der Waals surface area contributed by atoms with Crippen LogP contribution in [0.15, 0.2) is 83.8 Å². The molecule has 2 aromatic carbocycles. The fourth-order valence-corrected chi connectivity index (χ4v) is 6.60. The van der Waals surface area contributed by atoms with Crippen LogP contribution in [0.3, 0.4) is 0 Å². The molecule has 1 aliphatic carbocycles. The lowest BCUT2D eigenvalue weighted by molar-refractivity contribution is 0.0679. The standard InChI is InChI=1S/C31H31NO4S/c1-30(2)24(22-9-11-23(12-10-22)29(34)35)13-16-31(3)20-32(17-14-26(30)31)28(33)27-25(15-18-37-27)36-19-21-7-5-4-6-8-21/h4-15,18H,16-17,19-20H2,1-3H3,(H,34,35)/t31-/m1/s1. The second-order valence-electron chi connectivity index (χ2n) is 10.6. The molecule has 1 amide bonds. The summed E-state index contributed by atoms with van der Waals surface area (Å²) in [4.78, 5) is 27.5. The van der Waals surface area contributed by atoms with Crippen LogP contribution < -0.4 is 4.74 Å². The molecule has 0 saturated heterocycles. The average molecular weight is 514 g/mol. The van der Waals surface area contributed by atoms with Crippen molar-refractivity contribution in [1.29, 1.82) is 0 Å². The number of thiophene rings is 1. The minimum Gasteiger partial charge on any atom is -0.487 e. The summed E-state index contributed by atoms with van der Waals surface area (Å²) in [6, 6.07) is 19.0. The largest absolute Gasteiger partial charge is 0.487 e. The van der Waals surface area contributed by atoms with E-state index in [4.69, 9.17) is 4.74 Å². The van der Waals surface area contributed by atoms with Crippen molar-refractivity contribution < 1.29 is 19.4 Å². The van der Waals surface area contributed by atoms with Gasteiger partial charge in [0.25, 0.3) is 5.91 Å².